The molecule has 0 spiro atoms. The number of hydrogen-bond acceptors (Lipinski definition) is 4. The van der Waals surface area contributed by atoms with Gasteiger partial charge in [0.15, 0.2) is 5.16 Å². The summed E-state index contributed by atoms with van der Waals surface area (Å²) in [6, 6.07) is 0. The van der Waals surface area contributed by atoms with Crippen molar-refractivity contribution in [2.45, 2.75) is 55.5 Å². The van der Waals surface area contributed by atoms with Gasteiger partial charge >= 0.3 is 5.97 Å². The van der Waals surface area contributed by atoms with E-state index >= 15 is 0 Å². The van der Waals surface area contributed by atoms with Crippen molar-refractivity contribution < 1.29 is 9.90 Å². The van der Waals surface area contributed by atoms with Crippen LogP contribution < -0.4 is 0 Å². The first-order valence-corrected chi connectivity index (χ1v) is 9.13. The lowest BCUT2D eigenvalue weighted by molar-refractivity contribution is -0.133. The maximum atomic E-state index is 10.8. The zero-order valence-electron chi connectivity index (χ0n) is 12.3. The van der Waals surface area contributed by atoms with Gasteiger partial charge in [-0.25, -0.2) is 4.98 Å². The van der Waals surface area contributed by atoms with Gasteiger partial charge in [0.05, 0.1) is 5.75 Å². The lowest BCUT2D eigenvalue weighted by Gasteiger charge is -2.41. The quantitative estimate of drug-likeness (QED) is 0.781. The summed E-state index contributed by atoms with van der Waals surface area (Å²) in [5.41, 5.74) is 1.21. The van der Waals surface area contributed by atoms with Crippen LogP contribution in [0.5, 0.6) is 0 Å². The molecule has 1 aromatic rings. The number of imidazole rings is 1. The van der Waals surface area contributed by atoms with Crippen LogP contribution >= 0.6 is 23.5 Å². The molecule has 0 amide bonds. The van der Waals surface area contributed by atoms with Crippen molar-refractivity contribution in [1.82, 2.24) is 9.55 Å². The Bertz CT molecular complexity index is 476. The van der Waals surface area contributed by atoms with E-state index in [0.29, 0.717) is 10.7 Å². The van der Waals surface area contributed by atoms with Crippen LogP contribution in [0.25, 0.3) is 0 Å². The Hall–Kier alpha value is -0.620. The van der Waals surface area contributed by atoms with Gasteiger partial charge in [0.1, 0.15) is 0 Å². The van der Waals surface area contributed by atoms with Gasteiger partial charge in [-0.05, 0) is 25.0 Å². The highest BCUT2D eigenvalue weighted by atomic mass is 32.2. The molecule has 2 rings (SSSR count). The van der Waals surface area contributed by atoms with E-state index in [9.17, 15) is 4.79 Å². The van der Waals surface area contributed by atoms with E-state index in [0.717, 1.165) is 11.7 Å². The Kier molecular flexibility index (Phi) is 5.07. The van der Waals surface area contributed by atoms with Crippen molar-refractivity contribution in [3.63, 3.8) is 0 Å². The van der Waals surface area contributed by atoms with Crippen molar-refractivity contribution in [1.29, 1.82) is 0 Å². The number of aromatic nitrogens is 2. The summed E-state index contributed by atoms with van der Waals surface area (Å²) in [7, 11) is 0. The van der Waals surface area contributed by atoms with Crippen molar-refractivity contribution in [2.75, 3.05) is 12.0 Å². The molecule has 112 valence electrons. The van der Waals surface area contributed by atoms with E-state index in [-0.39, 0.29) is 5.75 Å². The fourth-order valence-electron chi connectivity index (χ4n) is 2.52. The van der Waals surface area contributed by atoms with Crippen LogP contribution in [0.2, 0.25) is 0 Å². The Labute approximate surface area is 128 Å². The van der Waals surface area contributed by atoms with Crippen molar-refractivity contribution in [3.05, 3.63) is 11.9 Å². The van der Waals surface area contributed by atoms with Crippen molar-refractivity contribution in [3.8, 4) is 0 Å². The van der Waals surface area contributed by atoms with E-state index in [1.807, 2.05) is 18.0 Å². The predicted molar refractivity (Wildman–Crippen MR) is 84.8 cm³/mol. The van der Waals surface area contributed by atoms with Crippen LogP contribution in [0.3, 0.4) is 0 Å². The van der Waals surface area contributed by atoms with Gasteiger partial charge < -0.3 is 9.67 Å². The predicted octanol–water partition coefficient (Wildman–Crippen LogP) is 3.47. The van der Waals surface area contributed by atoms with Crippen molar-refractivity contribution in [2.24, 2.45) is 0 Å². The molecule has 1 fully saturated rings. The van der Waals surface area contributed by atoms with Crippen molar-refractivity contribution >= 4 is 29.5 Å². The lowest BCUT2D eigenvalue weighted by Crippen LogP contribution is -2.38. The molecule has 4 nitrogen and oxygen atoms in total. The molecule has 0 atom stereocenters. The molecule has 0 saturated heterocycles. The number of carboxylic acid groups (broad SMARTS) is 1. The number of thioether (sulfide) groups is 2. The first kappa shape index (κ1) is 15.8. The molecule has 1 aliphatic carbocycles. The first-order chi connectivity index (χ1) is 9.47. The third kappa shape index (κ3) is 3.34. The van der Waals surface area contributed by atoms with Gasteiger partial charge in [-0.1, -0.05) is 32.0 Å². The van der Waals surface area contributed by atoms with E-state index in [4.69, 9.17) is 5.11 Å². The number of rotatable bonds is 7. The summed E-state index contributed by atoms with van der Waals surface area (Å²) in [5, 5.41) is 9.70. The minimum absolute atomic E-state index is 0.0703. The normalized spacial score (nSPS) is 17.2. The topological polar surface area (TPSA) is 55.1 Å². The minimum Gasteiger partial charge on any atom is -0.481 e. The molecule has 1 heterocycles. The van der Waals surface area contributed by atoms with E-state index in [1.165, 1.54) is 36.7 Å². The SMILES string of the molecule is CSC1(Cn2c(C(C)C)cnc2SCC(=O)O)CCC1. The van der Waals surface area contributed by atoms with Crippen LogP contribution in [0.1, 0.15) is 44.7 Å². The Morgan fingerprint density at radius 3 is 2.70 bits per heavy atom. The molecule has 6 heteroatoms. The summed E-state index contributed by atoms with van der Waals surface area (Å²) in [6.45, 7) is 5.26. The van der Waals surface area contributed by atoms with Gasteiger partial charge in [0, 0.05) is 23.2 Å². The highest BCUT2D eigenvalue weighted by Gasteiger charge is 2.37. The maximum Gasteiger partial charge on any atom is 0.313 e. The Morgan fingerprint density at radius 2 is 2.25 bits per heavy atom. The van der Waals surface area contributed by atoms with Crippen LogP contribution in [0.4, 0.5) is 0 Å². The highest BCUT2D eigenvalue weighted by molar-refractivity contribution is 8.00. The van der Waals surface area contributed by atoms with E-state index in [2.05, 4.69) is 29.7 Å². The highest BCUT2D eigenvalue weighted by Crippen LogP contribution is 2.45. The van der Waals surface area contributed by atoms with Gasteiger partial charge in [0.25, 0.3) is 0 Å². The summed E-state index contributed by atoms with van der Waals surface area (Å²) in [5.74, 6) is -0.319. The summed E-state index contributed by atoms with van der Waals surface area (Å²) in [4.78, 5) is 15.2. The first-order valence-electron chi connectivity index (χ1n) is 6.92. The summed E-state index contributed by atoms with van der Waals surface area (Å²) >= 11 is 3.26. The third-order valence-corrected chi connectivity index (χ3v) is 6.29. The third-order valence-electron chi connectivity index (χ3n) is 3.91. The number of carbonyl (C=O) groups is 1. The van der Waals surface area contributed by atoms with Crippen LogP contribution in [-0.4, -0.2) is 37.4 Å². The average Bonchev–Trinajstić information content (AvgIpc) is 2.74. The van der Waals surface area contributed by atoms with E-state index < -0.39 is 5.97 Å². The second-order valence-corrected chi connectivity index (χ2v) is 7.85. The zero-order chi connectivity index (χ0) is 14.8. The van der Waals surface area contributed by atoms with Crippen LogP contribution in [0, 0.1) is 0 Å². The summed E-state index contributed by atoms with van der Waals surface area (Å²) in [6.07, 6.45) is 7.86. The molecule has 0 aliphatic heterocycles. The summed E-state index contributed by atoms with van der Waals surface area (Å²) < 4.78 is 2.57. The largest absolute Gasteiger partial charge is 0.481 e. The second-order valence-electron chi connectivity index (χ2n) is 5.63. The average molecular weight is 314 g/mol. The van der Waals surface area contributed by atoms with Crippen LogP contribution in [0.15, 0.2) is 11.4 Å². The molecule has 1 aromatic heterocycles. The molecule has 20 heavy (non-hydrogen) atoms. The van der Waals surface area contributed by atoms with E-state index in [1.54, 1.807) is 0 Å². The Balaban J connectivity index is 2.22. The molecule has 0 aromatic carbocycles. The molecule has 1 aliphatic rings. The van der Waals surface area contributed by atoms with Gasteiger partial charge in [0.2, 0.25) is 0 Å². The van der Waals surface area contributed by atoms with Gasteiger partial charge in [-0.15, -0.1) is 0 Å². The molecule has 1 saturated carbocycles. The standard InChI is InChI=1S/C14H22N2O2S2/c1-10(2)11-7-15-13(20-8-12(17)18)16(11)9-14(19-3)5-4-6-14/h7,10H,4-6,8-9H2,1-3H3,(H,17,18). The molecular formula is C14H22N2O2S2. The number of carboxylic acids is 1. The molecule has 0 unspecified atom stereocenters. The fourth-order valence-corrected chi connectivity index (χ4v) is 4.18. The second kappa shape index (κ2) is 6.43. The minimum atomic E-state index is -0.793. The lowest BCUT2D eigenvalue weighted by atomic mass is 9.84. The zero-order valence-corrected chi connectivity index (χ0v) is 13.9. The molecular weight excluding hydrogens is 292 g/mol. The monoisotopic (exact) mass is 314 g/mol. The maximum absolute atomic E-state index is 10.8. The number of nitrogens with zero attached hydrogens (tertiary/aromatic N) is 2. The molecule has 0 radical (unpaired) electrons. The number of hydrogen-bond donors (Lipinski definition) is 1. The van der Waals surface area contributed by atoms with Crippen LogP contribution in [-0.2, 0) is 11.3 Å². The molecule has 0 bridgehead atoms. The Morgan fingerprint density at radius 1 is 1.55 bits per heavy atom. The van der Waals surface area contributed by atoms with Gasteiger partial charge in [-0.3, -0.25) is 4.79 Å². The smallest absolute Gasteiger partial charge is 0.313 e. The van der Waals surface area contributed by atoms with Gasteiger partial charge in [-0.2, -0.15) is 11.8 Å². The number of aliphatic carboxylic acids is 1. The molecule has 1 N–H and O–H groups in total. The fraction of sp³-hybridized carbons (Fsp3) is 0.714.